The van der Waals surface area contributed by atoms with Crippen LogP contribution in [0.4, 0.5) is 0 Å². The van der Waals surface area contributed by atoms with Crippen molar-refractivity contribution in [2.24, 2.45) is 0 Å². The van der Waals surface area contributed by atoms with Gasteiger partial charge in [-0.15, -0.1) is 0 Å². The lowest BCUT2D eigenvalue weighted by molar-refractivity contribution is -0.122. The average molecular weight is 664 g/mol. The van der Waals surface area contributed by atoms with E-state index in [1.807, 2.05) is 24.5 Å². The van der Waals surface area contributed by atoms with Crippen molar-refractivity contribution in [3.8, 4) is 22.8 Å². The fourth-order valence-electron chi connectivity index (χ4n) is 4.32. The van der Waals surface area contributed by atoms with E-state index in [4.69, 9.17) is 33.0 Å². The molecule has 0 aliphatic heterocycles. The minimum atomic E-state index is -3.62. The highest BCUT2D eigenvalue weighted by Gasteiger charge is 2.24. The summed E-state index contributed by atoms with van der Waals surface area (Å²) in [4.78, 5) is 21.3. The highest BCUT2D eigenvalue weighted by Crippen LogP contribution is 2.35. The van der Waals surface area contributed by atoms with E-state index >= 15 is 0 Å². The van der Waals surface area contributed by atoms with Crippen LogP contribution in [0.3, 0.4) is 0 Å². The van der Waals surface area contributed by atoms with E-state index in [0.29, 0.717) is 34.5 Å². The predicted molar refractivity (Wildman–Crippen MR) is 172 cm³/mol. The van der Waals surface area contributed by atoms with Gasteiger partial charge in [0.05, 0.1) is 28.6 Å². The Hall–Kier alpha value is -3.16. The monoisotopic (exact) mass is 662 g/mol. The molecule has 4 aromatic rings. The summed E-state index contributed by atoms with van der Waals surface area (Å²) in [5, 5.41) is 8.54. The van der Waals surface area contributed by atoms with Gasteiger partial charge in [0.15, 0.2) is 0 Å². The number of ether oxygens (including phenoxy) is 1. The number of thioether (sulfide) groups is 1. The number of carbonyl (C=O) groups is 1. The van der Waals surface area contributed by atoms with Gasteiger partial charge in [0, 0.05) is 42.5 Å². The van der Waals surface area contributed by atoms with Crippen molar-refractivity contribution in [2.75, 3.05) is 31.4 Å². The Morgan fingerprint density at radius 3 is 2.51 bits per heavy atom. The molecule has 0 saturated carbocycles. The summed E-state index contributed by atoms with van der Waals surface area (Å²) in [6, 6.07) is 11.6. The van der Waals surface area contributed by atoms with Gasteiger partial charge >= 0.3 is 0 Å². The van der Waals surface area contributed by atoms with Crippen molar-refractivity contribution in [2.45, 2.75) is 25.3 Å². The van der Waals surface area contributed by atoms with Gasteiger partial charge in [-0.05, 0) is 73.2 Å². The zero-order valence-corrected chi connectivity index (χ0v) is 26.8. The topological polar surface area (TPSA) is 128 Å². The van der Waals surface area contributed by atoms with Crippen LogP contribution in [0.2, 0.25) is 10.0 Å². The van der Waals surface area contributed by atoms with Gasteiger partial charge in [0.1, 0.15) is 11.7 Å². The maximum absolute atomic E-state index is 12.9. The number of pyridine rings is 2. The molecule has 2 N–H and O–H groups in total. The third kappa shape index (κ3) is 9.41. The lowest BCUT2D eigenvalue weighted by atomic mass is 10.1. The van der Waals surface area contributed by atoms with Crippen molar-refractivity contribution in [3.05, 3.63) is 88.4 Å². The molecule has 1 atom stereocenters. The molecule has 228 valence electrons. The molecule has 0 bridgehead atoms. The molecule has 4 rings (SSSR count). The van der Waals surface area contributed by atoms with Gasteiger partial charge in [-0.1, -0.05) is 29.3 Å². The van der Waals surface area contributed by atoms with E-state index < -0.39 is 22.0 Å². The number of halogens is 2. The van der Waals surface area contributed by atoms with Crippen LogP contribution >= 0.6 is 35.0 Å². The van der Waals surface area contributed by atoms with Crippen molar-refractivity contribution < 1.29 is 17.9 Å². The second-order valence-electron chi connectivity index (χ2n) is 9.63. The Morgan fingerprint density at radius 2 is 1.86 bits per heavy atom. The molecule has 0 aliphatic carbocycles. The van der Waals surface area contributed by atoms with Gasteiger partial charge < -0.3 is 10.1 Å². The Labute approximate surface area is 265 Å². The van der Waals surface area contributed by atoms with Gasteiger partial charge in [0.25, 0.3) is 0 Å². The average Bonchev–Trinajstić information content (AvgIpc) is 3.35. The Balaban J connectivity index is 1.51. The van der Waals surface area contributed by atoms with Crippen molar-refractivity contribution in [1.29, 1.82) is 0 Å². The lowest BCUT2D eigenvalue weighted by Gasteiger charge is -2.17. The first-order valence-electron chi connectivity index (χ1n) is 13.4. The third-order valence-electron chi connectivity index (χ3n) is 6.27. The highest BCUT2D eigenvalue weighted by molar-refractivity contribution is 7.98. The molecule has 0 saturated heterocycles. The second kappa shape index (κ2) is 15.5. The van der Waals surface area contributed by atoms with E-state index in [1.165, 1.54) is 0 Å². The molecule has 3 aromatic heterocycles. The summed E-state index contributed by atoms with van der Waals surface area (Å²) < 4.78 is 34.3. The van der Waals surface area contributed by atoms with Gasteiger partial charge in [-0.25, -0.2) is 17.8 Å². The number of nitrogens with one attached hydrogen (secondary N) is 2. The van der Waals surface area contributed by atoms with E-state index in [-0.39, 0.29) is 19.6 Å². The maximum Gasteiger partial charge on any atom is 0.238 e. The summed E-state index contributed by atoms with van der Waals surface area (Å²) in [6.07, 6.45) is 11.1. The quantitative estimate of drug-likeness (QED) is 0.177. The number of amides is 1. The van der Waals surface area contributed by atoms with Crippen LogP contribution in [0, 0.1) is 0 Å². The standard InChI is InChI=1S/C29H32Cl2N6O4S2/c1-42-15-10-23-27(21-7-4-12-33-19-21)35-37(22-8-9-24(30)25(31)17-22)29(23)41-14-5-13-34-28(38)26(36-43(2,39)40)16-20-6-3-11-32-18-20/h3-4,6-9,11-12,17-19,26,36H,5,10,13-16H2,1-2H3,(H,34,38)/t26-/m0/s1. The molecule has 14 heteroatoms. The molecular weight excluding hydrogens is 631 g/mol. The SMILES string of the molecule is CSCCc1c(-c2cccnc2)nn(-c2ccc(Cl)c(Cl)c2)c1OCCCNC(=O)[C@H](Cc1cccnc1)NS(C)(=O)=O. The van der Waals surface area contributed by atoms with Crippen molar-refractivity contribution in [1.82, 2.24) is 29.8 Å². The number of benzene rings is 1. The molecule has 0 aliphatic rings. The largest absolute Gasteiger partial charge is 0.477 e. The molecule has 0 spiro atoms. The lowest BCUT2D eigenvalue weighted by Crippen LogP contribution is -2.48. The van der Waals surface area contributed by atoms with Crippen LogP contribution in [0.25, 0.3) is 16.9 Å². The number of hydrogen-bond donors (Lipinski definition) is 2. The summed E-state index contributed by atoms with van der Waals surface area (Å²) in [5.74, 6) is 0.971. The summed E-state index contributed by atoms with van der Waals surface area (Å²) >= 11 is 14.2. The number of hydrogen-bond acceptors (Lipinski definition) is 8. The molecule has 0 fully saturated rings. The number of carbonyl (C=O) groups excluding carboxylic acids is 1. The molecule has 0 unspecified atom stereocenters. The molecule has 0 radical (unpaired) electrons. The molecule has 3 heterocycles. The van der Waals surface area contributed by atoms with Gasteiger partial charge in [0.2, 0.25) is 21.8 Å². The summed E-state index contributed by atoms with van der Waals surface area (Å²) in [6.45, 7) is 0.531. The predicted octanol–water partition coefficient (Wildman–Crippen LogP) is 4.59. The van der Waals surface area contributed by atoms with Crippen LogP contribution in [0.5, 0.6) is 5.88 Å². The van der Waals surface area contributed by atoms with Crippen LogP contribution < -0.4 is 14.8 Å². The van der Waals surface area contributed by atoms with Crippen molar-refractivity contribution in [3.63, 3.8) is 0 Å². The Morgan fingerprint density at radius 1 is 1.09 bits per heavy atom. The van der Waals surface area contributed by atoms with E-state index in [9.17, 15) is 13.2 Å². The maximum atomic E-state index is 12.9. The first-order chi connectivity index (χ1) is 20.7. The first-order valence-corrected chi connectivity index (χ1v) is 17.4. The second-order valence-corrected chi connectivity index (χ2v) is 13.2. The Bertz CT molecular complexity index is 1620. The fourth-order valence-corrected chi connectivity index (χ4v) is 5.72. The molecular formula is C29H32Cl2N6O4S2. The van der Waals surface area contributed by atoms with Crippen LogP contribution in [0.15, 0.2) is 67.3 Å². The third-order valence-corrected chi connectivity index (χ3v) is 8.33. The smallest absolute Gasteiger partial charge is 0.238 e. The number of nitrogens with zero attached hydrogens (tertiary/aromatic N) is 4. The molecule has 43 heavy (non-hydrogen) atoms. The van der Waals surface area contributed by atoms with E-state index in [1.54, 1.807) is 65.5 Å². The molecule has 1 aromatic carbocycles. The molecule has 10 nitrogen and oxygen atoms in total. The van der Waals surface area contributed by atoms with Crippen LogP contribution in [0.1, 0.15) is 17.5 Å². The van der Waals surface area contributed by atoms with E-state index in [0.717, 1.165) is 34.4 Å². The Kier molecular flexibility index (Phi) is 11.8. The zero-order chi connectivity index (χ0) is 30.8. The van der Waals surface area contributed by atoms with Gasteiger partial charge in [-0.3, -0.25) is 14.8 Å². The number of rotatable bonds is 15. The zero-order valence-electron chi connectivity index (χ0n) is 23.7. The first kappa shape index (κ1) is 32.7. The van der Waals surface area contributed by atoms with Crippen molar-refractivity contribution >= 4 is 50.9 Å². The van der Waals surface area contributed by atoms with Crippen LogP contribution in [-0.4, -0.2) is 71.5 Å². The summed E-state index contributed by atoms with van der Waals surface area (Å²) in [7, 11) is -3.62. The molecule has 1 amide bonds. The van der Waals surface area contributed by atoms with Crippen LogP contribution in [-0.2, 0) is 27.7 Å². The number of sulfonamides is 1. The van der Waals surface area contributed by atoms with Gasteiger partial charge in [-0.2, -0.15) is 16.9 Å². The normalized spacial score (nSPS) is 12.2. The number of aromatic nitrogens is 4. The minimum Gasteiger partial charge on any atom is -0.477 e. The fraction of sp³-hybridized carbons (Fsp3) is 0.310. The highest BCUT2D eigenvalue weighted by atomic mass is 35.5. The summed E-state index contributed by atoms with van der Waals surface area (Å²) in [5.41, 5.74) is 3.95. The van der Waals surface area contributed by atoms with E-state index in [2.05, 4.69) is 20.0 Å². The minimum absolute atomic E-state index is 0.169.